The van der Waals surface area contributed by atoms with Gasteiger partial charge in [0.05, 0.1) is 16.1 Å². The molecule has 0 aliphatic carbocycles. The SMILES string of the molecule is O=S(=O)(Oc1ccc(N(c2ccccc2)c2cc(-c3ccccc3)cc(-c3ccccc3)c2)cc1N(c1ccccc1)c1cccc2c1sc1ccccc12)C(F)(F)F. The van der Waals surface area contributed by atoms with Gasteiger partial charge < -0.3 is 14.0 Å². The molecule has 0 bridgehead atoms. The Morgan fingerprint density at radius 3 is 1.56 bits per heavy atom. The van der Waals surface area contributed by atoms with Crippen molar-refractivity contribution in [2.24, 2.45) is 0 Å². The monoisotopic (exact) mass is 818 g/mol. The summed E-state index contributed by atoms with van der Waals surface area (Å²) in [5.41, 5.74) is 1.55. The van der Waals surface area contributed by atoms with E-state index in [0.29, 0.717) is 17.1 Å². The second kappa shape index (κ2) is 15.5. The molecule has 9 rings (SSSR count). The highest BCUT2D eigenvalue weighted by Gasteiger charge is 2.49. The highest BCUT2D eigenvalue weighted by atomic mass is 32.2. The molecule has 0 radical (unpaired) electrons. The van der Waals surface area contributed by atoms with Crippen molar-refractivity contribution in [3.8, 4) is 28.0 Å². The number of benzene rings is 8. The molecule has 290 valence electrons. The van der Waals surface area contributed by atoms with Gasteiger partial charge in [0.25, 0.3) is 0 Å². The van der Waals surface area contributed by atoms with E-state index in [2.05, 4.69) is 18.2 Å². The molecule has 0 unspecified atom stereocenters. The van der Waals surface area contributed by atoms with Crippen LogP contribution < -0.4 is 14.0 Å². The average Bonchev–Trinajstić information content (AvgIpc) is 3.65. The van der Waals surface area contributed by atoms with Gasteiger partial charge in [0.2, 0.25) is 0 Å². The molecule has 0 spiro atoms. The third kappa shape index (κ3) is 7.40. The lowest BCUT2D eigenvalue weighted by Crippen LogP contribution is -2.28. The summed E-state index contributed by atoms with van der Waals surface area (Å²) < 4.78 is 74.9. The van der Waals surface area contributed by atoms with Crippen LogP contribution in [0.3, 0.4) is 0 Å². The highest BCUT2D eigenvalue weighted by Crippen LogP contribution is 2.50. The van der Waals surface area contributed by atoms with Gasteiger partial charge in [0.1, 0.15) is 0 Å². The molecule has 8 aromatic carbocycles. The number of nitrogens with zero attached hydrogens (tertiary/aromatic N) is 2. The van der Waals surface area contributed by atoms with E-state index < -0.39 is 21.4 Å². The molecule has 0 fully saturated rings. The second-order valence-electron chi connectivity index (χ2n) is 13.7. The Morgan fingerprint density at radius 2 is 0.966 bits per heavy atom. The first-order valence-electron chi connectivity index (χ1n) is 18.7. The first kappa shape index (κ1) is 37.7. The van der Waals surface area contributed by atoms with Crippen molar-refractivity contribution in [3.05, 3.63) is 200 Å². The van der Waals surface area contributed by atoms with Gasteiger partial charge in [-0.15, -0.1) is 11.3 Å². The summed E-state index contributed by atoms with van der Waals surface area (Å²) in [5, 5.41) is 1.97. The summed E-state index contributed by atoms with van der Waals surface area (Å²) in [4.78, 5) is 3.77. The molecule has 9 aromatic rings. The highest BCUT2D eigenvalue weighted by molar-refractivity contribution is 7.88. The van der Waals surface area contributed by atoms with Crippen LogP contribution in [0.1, 0.15) is 0 Å². The van der Waals surface area contributed by atoms with Crippen LogP contribution in [-0.2, 0) is 10.1 Å². The first-order chi connectivity index (χ1) is 28.6. The maximum Gasteiger partial charge on any atom is 0.534 e. The topological polar surface area (TPSA) is 49.9 Å². The first-order valence-corrected chi connectivity index (χ1v) is 20.9. The summed E-state index contributed by atoms with van der Waals surface area (Å²) in [6.45, 7) is 0. The molecular weight excluding hydrogens is 786 g/mol. The van der Waals surface area contributed by atoms with Crippen molar-refractivity contribution >= 4 is 75.8 Å². The molecule has 10 heteroatoms. The van der Waals surface area contributed by atoms with E-state index in [-0.39, 0.29) is 5.69 Å². The molecule has 0 aliphatic rings. The molecule has 0 saturated carbocycles. The number of halogens is 3. The summed E-state index contributed by atoms with van der Waals surface area (Å²) in [6.07, 6.45) is 0. The zero-order chi connectivity index (χ0) is 40.6. The smallest absolute Gasteiger partial charge is 0.374 e. The number of anilines is 6. The molecule has 59 heavy (non-hydrogen) atoms. The van der Waals surface area contributed by atoms with Gasteiger partial charge in [0.15, 0.2) is 5.75 Å². The summed E-state index contributed by atoms with van der Waals surface area (Å²) in [6, 6.07) is 63.3. The van der Waals surface area contributed by atoms with Gasteiger partial charge in [-0.1, -0.05) is 127 Å². The number of alkyl halides is 3. The molecule has 0 saturated heterocycles. The lowest BCUT2D eigenvalue weighted by molar-refractivity contribution is -0.0499. The Hall–Kier alpha value is -6.88. The van der Waals surface area contributed by atoms with E-state index in [4.69, 9.17) is 4.18 Å². The minimum atomic E-state index is -6.08. The molecule has 0 N–H and O–H groups in total. The third-order valence-corrected chi connectivity index (χ3v) is 12.1. The Morgan fingerprint density at radius 1 is 0.441 bits per heavy atom. The maximum atomic E-state index is 14.1. The quantitative estimate of drug-likeness (QED) is 0.102. The molecule has 0 amide bonds. The molecule has 1 heterocycles. The van der Waals surface area contributed by atoms with E-state index in [1.807, 2.05) is 169 Å². The van der Waals surface area contributed by atoms with Gasteiger partial charge in [0, 0.05) is 38.2 Å². The minimum Gasteiger partial charge on any atom is -0.374 e. The van der Waals surface area contributed by atoms with Crippen molar-refractivity contribution < 1.29 is 25.8 Å². The Labute approximate surface area is 343 Å². The van der Waals surface area contributed by atoms with Crippen LogP contribution in [0.15, 0.2) is 200 Å². The van der Waals surface area contributed by atoms with Gasteiger partial charge in [-0.2, -0.15) is 21.6 Å². The van der Waals surface area contributed by atoms with Gasteiger partial charge in [-0.25, -0.2) is 0 Å². The second-order valence-corrected chi connectivity index (χ2v) is 16.3. The Kier molecular flexibility index (Phi) is 9.88. The van der Waals surface area contributed by atoms with Crippen molar-refractivity contribution in [1.82, 2.24) is 0 Å². The van der Waals surface area contributed by atoms with Crippen molar-refractivity contribution in [2.75, 3.05) is 9.80 Å². The van der Waals surface area contributed by atoms with Gasteiger partial charge in [-0.3, -0.25) is 0 Å². The molecule has 0 atom stereocenters. The van der Waals surface area contributed by atoms with Crippen LogP contribution in [0.5, 0.6) is 5.75 Å². The average molecular weight is 819 g/mol. The van der Waals surface area contributed by atoms with Crippen molar-refractivity contribution in [2.45, 2.75) is 5.51 Å². The maximum absolute atomic E-state index is 14.1. The number of para-hydroxylation sites is 2. The fourth-order valence-electron chi connectivity index (χ4n) is 7.31. The lowest BCUT2D eigenvalue weighted by Gasteiger charge is -2.31. The molecule has 5 nitrogen and oxygen atoms in total. The van der Waals surface area contributed by atoms with Crippen LogP contribution in [0.4, 0.5) is 47.3 Å². The minimum absolute atomic E-state index is 0.0786. The van der Waals surface area contributed by atoms with E-state index in [1.165, 1.54) is 6.07 Å². The van der Waals surface area contributed by atoms with Crippen LogP contribution >= 0.6 is 11.3 Å². The normalized spacial score (nSPS) is 11.8. The van der Waals surface area contributed by atoms with Crippen molar-refractivity contribution in [1.29, 1.82) is 0 Å². The number of rotatable bonds is 10. The Balaban J connectivity index is 1.33. The van der Waals surface area contributed by atoms with Gasteiger partial charge in [-0.05, 0) is 95.1 Å². The van der Waals surface area contributed by atoms with E-state index >= 15 is 0 Å². The summed E-state index contributed by atoms with van der Waals surface area (Å²) in [7, 11) is -6.08. The summed E-state index contributed by atoms with van der Waals surface area (Å²) >= 11 is 1.54. The zero-order valence-electron chi connectivity index (χ0n) is 31.1. The fraction of sp³-hybridized carbons (Fsp3) is 0.0204. The molecule has 0 aliphatic heterocycles. The predicted molar refractivity (Wildman–Crippen MR) is 235 cm³/mol. The van der Waals surface area contributed by atoms with E-state index in [9.17, 15) is 21.6 Å². The van der Waals surface area contributed by atoms with Crippen LogP contribution in [-0.4, -0.2) is 13.9 Å². The standard InChI is InChI=1S/C49H33F3N2O3S2/c50-49(51,52)59(55,56)57-46-29-28-40(33-45(46)54(39-22-11-4-12-23-39)44-26-15-25-43-42-24-13-14-27-47(42)58-48(43)44)53(38-20-9-3-10-21-38)41-31-36(34-16-5-1-6-17-34)30-37(32-41)35-18-7-2-8-19-35/h1-33H. The van der Waals surface area contributed by atoms with E-state index in [1.54, 1.807) is 28.4 Å². The molecular formula is C49H33F3N2O3S2. The van der Waals surface area contributed by atoms with Crippen LogP contribution in [0.2, 0.25) is 0 Å². The largest absolute Gasteiger partial charge is 0.534 e. The number of fused-ring (bicyclic) bond motifs is 3. The number of hydrogen-bond donors (Lipinski definition) is 0. The van der Waals surface area contributed by atoms with Crippen LogP contribution in [0, 0.1) is 0 Å². The molecule has 1 aromatic heterocycles. The Bertz CT molecular complexity index is 2980. The van der Waals surface area contributed by atoms with Crippen LogP contribution in [0.25, 0.3) is 42.4 Å². The third-order valence-electron chi connectivity index (χ3n) is 9.97. The van der Waals surface area contributed by atoms with Crippen molar-refractivity contribution in [3.63, 3.8) is 0 Å². The van der Waals surface area contributed by atoms with Gasteiger partial charge >= 0.3 is 15.6 Å². The lowest BCUT2D eigenvalue weighted by atomic mass is 9.97. The fourth-order valence-corrected chi connectivity index (χ4v) is 8.99. The zero-order valence-corrected chi connectivity index (χ0v) is 32.8. The number of thiophene rings is 1. The van der Waals surface area contributed by atoms with E-state index in [0.717, 1.165) is 53.8 Å². The predicted octanol–water partition coefficient (Wildman–Crippen LogP) is 14.6. The summed E-state index contributed by atoms with van der Waals surface area (Å²) in [5.74, 6) is -0.496. The number of hydrogen-bond acceptors (Lipinski definition) is 6.